The Bertz CT molecular complexity index is 2980. The highest BCUT2D eigenvalue weighted by molar-refractivity contribution is 7.95. The lowest BCUT2D eigenvalue weighted by molar-refractivity contribution is -0.0000135. The van der Waals surface area contributed by atoms with Gasteiger partial charge in [-0.05, 0) is 152 Å². The number of fused-ring (bicyclic) bond motifs is 6. The molecule has 4 aromatic heterocycles. The maximum absolute atomic E-state index is 2.66. The second-order valence-corrected chi connectivity index (χ2v) is 27.6. The molecule has 0 unspecified atom stereocenters. The van der Waals surface area contributed by atoms with Gasteiger partial charge < -0.3 is 17.0 Å². The minimum absolute atomic E-state index is 0. The summed E-state index contributed by atoms with van der Waals surface area (Å²) in [7, 11) is -2.06. The summed E-state index contributed by atoms with van der Waals surface area (Å²) in [5.41, 5.74) is 6.65. The Balaban J connectivity index is 0.00000676. The van der Waals surface area contributed by atoms with Gasteiger partial charge >= 0.3 is 0 Å². The van der Waals surface area contributed by atoms with Crippen LogP contribution in [0.4, 0.5) is 0 Å². The molecule has 0 aliphatic carbocycles. The fourth-order valence-corrected chi connectivity index (χ4v) is 20.5. The van der Waals surface area contributed by atoms with E-state index in [1.54, 1.807) is 41.1 Å². The van der Waals surface area contributed by atoms with Gasteiger partial charge in [0.15, 0.2) is 0 Å². The molecule has 0 atom stereocenters. The molecule has 0 bridgehead atoms. The van der Waals surface area contributed by atoms with Crippen molar-refractivity contribution in [2.24, 2.45) is 0 Å². The molecular weight excluding hydrogens is 1020 g/mol. The van der Waals surface area contributed by atoms with Gasteiger partial charge in [-0.2, -0.15) is 0 Å². The van der Waals surface area contributed by atoms with Crippen LogP contribution in [0.3, 0.4) is 0 Å². The maximum Gasteiger partial charge on any atom is 0.117 e. The smallest absolute Gasteiger partial charge is 0.117 e. The molecule has 0 aliphatic heterocycles. The highest BCUT2D eigenvalue weighted by atomic mass is 79.9. The standard InChI is InChI=1S/C65H76PS4.BrH/c1-5-9-13-26-36-54-55(37-27-14-10-6-2)63-59(58-42-43-67-62(54)58)44-51(68-63)40-41-52-45-60-61-46-53(70-65(61)57(39-29-16-12-8-4)56(64(60)69-52)38-28-15-11-7-3)47-66(48-30-20-17-21-31-48,49-32-22-18-23-33-49)50-34-24-19-25-35-50;/h17-25,30-35,40-46H,5-16,26-29,36-39,47H2,1-4H3;1H/q+1;/p-1/b41-40+;. The zero-order valence-electron chi connectivity index (χ0n) is 43.0. The van der Waals surface area contributed by atoms with Gasteiger partial charge in [0.1, 0.15) is 29.3 Å². The lowest BCUT2D eigenvalue weighted by atomic mass is 9.93. The van der Waals surface area contributed by atoms with Crippen LogP contribution in [0.25, 0.3) is 52.5 Å². The van der Waals surface area contributed by atoms with E-state index in [1.165, 1.54) is 181 Å². The van der Waals surface area contributed by atoms with Crippen molar-refractivity contribution in [2.45, 2.75) is 162 Å². The van der Waals surface area contributed by atoms with Crippen LogP contribution < -0.4 is 32.9 Å². The average Bonchev–Trinajstić information content (AvgIpc) is 4.23. The Labute approximate surface area is 454 Å². The molecule has 4 heterocycles. The second-order valence-electron chi connectivity index (χ2n) is 19.9. The van der Waals surface area contributed by atoms with Crippen molar-refractivity contribution in [3.05, 3.63) is 158 Å². The lowest BCUT2D eigenvalue weighted by Gasteiger charge is -2.27. The van der Waals surface area contributed by atoms with Crippen LogP contribution in [0, 0.1) is 0 Å². The average molecular weight is 1100 g/mol. The maximum atomic E-state index is 2.66. The predicted molar refractivity (Wildman–Crippen MR) is 324 cm³/mol. The summed E-state index contributed by atoms with van der Waals surface area (Å²) in [6.45, 7) is 9.36. The van der Waals surface area contributed by atoms with Crippen molar-refractivity contribution in [3.63, 3.8) is 0 Å². The Morgan fingerprint density at radius 3 is 1.15 bits per heavy atom. The van der Waals surface area contributed by atoms with Crippen molar-refractivity contribution in [1.82, 2.24) is 0 Å². The van der Waals surface area contributed by atoms with Gasteiger partial charge in [-0.15, -0.1) is 45.3 Å². The van der Waals surface area contributed by atoms with Gasteiger partial charge in [-0.25, -0.2) is 0 Å². The summed E-state index contributed by atoms with van der Waals surface area (Å²) in [6.07, 6.45) is 31.6. The second kappa shape index (κ2) is 26.7. The SMILES string of the molecule is CCCCCCc1c(CCCCCC)c2sc(/C=C/c3cc4c(s3)c(CCCCCC)c(CCCCCC)c3sc(C[P+](c5ccccc5)(c5ccccc5)c5ccccc5)cc34)cc2c2ccsc12.[Br-]. The van der Waals surface area contributed by atoms with Crippen LogP contribution >= 0.6 is 52.6 Å². The van der Waals surface area contributed by atoms with E-state index in [4.69, 9.17) is 0 Å². The Morgan fingerprint density at radius 1 is 0.380 bits per heavy atom. The van der Waals surface area contributed by atoms with E-state index in [-0.39, 0.29) is 17.0 Å². The van der Waals surface area contributed by atoms with Crippen molar-refractivity contribution in [1.29, 1.82) is 0 Å². The van der Waals surface area contributed by atoms with Crippen LogP contribution in [0.5, 0.6) is 0 Å². The fraction of sp³-hybridized carbons (Fsp3) is 0.385. The molecule has 0 radical (unpaired) electrons. The van der Waals surface area contributed by atoms with Crippen molar-refractivity contribution >= 4 is 121 Å². The summed E-state index contributed by atoms with van der Waals surface area (Å²) < 4.78 is 6.22. The fourth-order valence-electron chi connectivity index (χ4n) is 11.2. The highest BCUT2D eigenvalue weighted by Crippen LogP contribution is 2.59. The molecule has 0 N–H and O–H groups in total. The van der Waals surface area contributed by atoms with E-state index >= 15 is 0 Å². The third-order valence-corrected chi connectivity index (χ3v) is 23.9. The summed E-state index contributed by atoms with van der Waals surface area (Å²) in [6, 6.07) is 44.7. The normalized spacial score (nSPS) is 12.1. The molecule has 0 aliphatic rings. The summed E-state index contributed by atoms with van der Waals surface area (Å²) in [5, 5.41) is 12.7. The van der Waals surface area contributed by atoms with Crippen molar-refractivity contribution < 1.29 is 17.0 Å². The third-order valence-electron chi connectivity index (χ3n) is 14.9. The topological polar surface area (TPSA) is 0 Å². The van der Waals surface area contributed by atoms with Crippen molar-refractivity contribution in [3.8, 4) is 0 Å². The van der Waals surface area contributed by atoms with Crippen LogP contribution in [0.15, 0.2) is 121 Å². The summed E-state index contributed by atoms with van der Waals surface area (Å²) in [5.74, 6) is 0. The number of thiophene rings is 4. The third kappa shape index (κ3) is 12.3. The molecule has 0 amide bonds. The quantitative estimate of drug-likeness (QED) is 0.0356. The van der Waals surface area contributed by atoms with Crippen LogP contribution in [0.2, 0.25) is 0 Å². The van der Waals surface area contributed by atoms with Gasteiger partial charge in [0.05, 0.1) is 0 Å². The van der Waals surface area contributed by atoms with E-state index in [0.29, 0.717) is 0 Å². The molecule has 0 nitrogen and oxygen atoms in total. The number of unbranched alkanes of at least 4 members (excludes halogenated alkanes) is 12. The first-order chi connectivity index (χ1) is 34.6. The number of aryl methyl sites for hydroxylation is 4. The van der Waals surface area contributed by atoms with E-state index < -0.39 is 7.26 Å². The minimum Gasteiger partial charge on any atom is -1.00 e. The molecule has 5 aromatic carbocycles. The van der Waals surface area contributed by atoms with E-state index in [0.717, 1.165) is 6.16 Å². The van der Waals surface area contributed by atoms with Gasteiger partial charge in [0.2, 0.25) is 0 Å². The minimum atomic E-state index is -2.06. The Morgan fingerprint density at radius 2 is 0.746 bits per heavy atom. The largest absolute Gasteiger partial charge is 1.00 e. The number of halogens is 1. The zero-order chi connectivity index (χ0) is 48.1. The van der Waals surface area contributed by atoms with Gasteiger partial charge in [0.25, 0.3) is 0 Å². The van der Waals surface area contributed by atoms with Gasteiger partial charge in [-0.1, -0.05) is 159 Å². The molecule has 9 rings (SSSR count). The predicted octanol–water partition coefficient (Wildman–Crippen LogP) is 17.7. The molecular formula is C65H76BrPS4. The molecule has 0 saturated carbocycles. The van der Waals surface area contributed by atoms with E-state index in [9.17, 15) is 0 Å². The number of hydrogen-bond acceptors (Lipinski definition) is 4. The Hall–Kier alpha value is -3.41. The molecule has 71 heavy (non-hydrogen) atoms. The molecule has 0 saturated heterocycles. The molecule has 0 fully saturated rings. The molecule has 0 spiro atoms. The first-order valence-electron chi connectivity index (χ1n) is 27.2. The van der Waals surface area contributed by atoms with Gasteiger partial charge in [-0.3, -0.25) is 0 Å². The first kappa shape index (κ1) is 53.9. The van der Waals surface area contributed by atoms with Crippen LogP contribution in [0.1, 0.15) is 167 Å². The number of rotatable bonds is 27. The van der Waals surface area contributed by atoms with Crippen molar-refractivity contribution in [2.75, 3.05) is 0 Å². The Kier molecular flexibility index (Phi) is 20.3. The monoisotopic (exact) mass is 1090 g/mol. The lowest BCUT2D eigenvalue weighted by Crippen LogP contribution is -3.00. The number of benzene rings is 5. The highest BCUT2D eigenvalue weighted by Gasteiger charge is 2.46. The van der Waals surface area contributed by atoms with Crippen LogP contribution in [-0.2, 0) is 31.8 Å². The number of hydrogen-bond donors (Lipinski definition) is 0. The summed E-state index contributed by atoms with van der Waals surface area (Å²) >= 11 is 8.24. The first-order valence-corrected chi connectivity index (χ1v) is 32.5. The van der Waals surface area contributed by atoms with E-state index in [2.05, 4.69) is 194 Å². The molecule has 372 valence electrons. The molecule has 6 heteroatoms. The van der Waals surface area contributed by atoms with E-state index in [1.807, 2.05) is 11.3 Å². The molecule has 9 aromatic rings. The van der Waals surface area contributed by atoms with Gasteiger partial charge in [0, 0.05) is 55.0 Å². The zero-order valence-corrected chi connectivity index (χ0v) is 48.8. The summed E-state index contributed by atoms with van der Waals surface area (Å²) in [4.78, 5) is 4.29. The van der Waals surface area contributed by atoms with Crippen LogP contribution in [-0.4, -0.2) is 0 Å².